The van der Waals surface area contributed by atoms with Crippen LogP contribution in [0.3, 0.4) is 0 Å². The van der Waals surface area contributed by atoms with Crippen molar-refractivity contribution in [3.8, 4) is 0 Å². The van der Waals surface area contributed by atoms with Gasteiger partial charge >= 0.3 is 0 Å². The van der Waals surface area contributed by atoms with Crippen LogP contribution in [-0.4, -0.2) is 27.8 Å². The van der Waals surface area contributed by atoms with E-state index in [1.807, 2.05) is 0 Å². The molecule has 3 N–H and O–H groups in total. The standard InChI is InChI=1S/C12H12Cl2N4O/c1-18(6-10-16-2-3-17-10)12(19)7-4-8(13)11(15)9(14)5-7/h2-5H,6,15H2,1H3,(H,16,17). The molecular weight excluding hydrogens is 287 g/mol. The predicted octanol–water partition coefficient (Wildman–Crippen LogP) is 2.57. The second-order valence-corrected chi connectivity index (χ2v) is 4.87. The molecule has 5 nitrogen and oxygen atoms in total. The maximum atomic E-state index is 12.2. The van der Waals surface area contributed by atoms with E-state index in [9.17, 15) is 4.79 Å². The Morgan fingerprint density at radius 2 is 2.05 bits per heavy atom. The van der Waals surface area contributed by atoms with E-state index in [0.29, 0.717) is 17.9 Å². The van der Waals surface area contributed by atoms with Crippen molar-refractivity contribution in [1.82, 2.24) is 14.9 Å². The smallest absolute Gasteiger partial charge is 0.254 e. The zero-order valence-electron chi connectivity index (χ0n) is 10.2. The minimum absolute atomic E-state index is 0.208. The molecule has 7 heteroatoms. The van der Waals surface area contributed by atoms with Gasteiger partial charge in [0.15, 0.2) is 0 Å². The summed E-state index contributed by atoms with van der Waals surface area (Å²) in [6.45, 7) is 0.367. The van der Waals surface area contributed by atoms with Crippen molar-refractivity contribution in [2.24, 2.45) is 0 Å². The number of nitrogen functional groups attached to an aromatic ring is 1. The number of anilines is 1. The second-order valence-electron chi connectivity index (χ2n) is 4.05. The van der Waals surface area contributed by atoms with Crippen molar-refractivity contribution in [3.05, 3.63) is 46.0 Å². The molecular formula is C12H12Cl2N4O. The average Bonchev–Trinajstić information content (AvgIpc) is 2.87. The van der Waals surface area contributed by atoms with Gasteiger partial charge in [-0.05, 0) is 12.1 Å². The number of H-pyrrole nitrogens is 1. The number of carbonyl (C=O) groups excluding carboxylic acids is 1. The molecule has 0 aliphatic heterocycles. The van der Waals surface area contributed by atoms with Gasteiger partial charge in [0.25, 0.3) is 5.91 Å². The van der Waals surface area contributed by atoms with Crippen molar-refractivity contribution >= 4 is 34.8 Å². The lowest BCUT2D eigenvalue weighted by Crippen LogP contribution is -2.26. The fourth-order valence-electron chi connectivity index (χ4n) is 1.61. The lowest BCUT2D eigenvalue weighted by molar-refractivity contribution is 0.0782. The molecule has 1 aromatic heterocycles. The number of benzene rings is 1. The van der Waals surface area contributed by atoms with Crippen LogP contribution in [0.2, 0.25) is 10.0 Å². The summed E-state index contributed by atoms with van der Waals surface area (Å²) in [6, 6.07) is 3.01. The number of nitrogens with one attached hydrogen (secondary N) is 1. The maximum absolute atomic E-state index is 12.2. The molecule has 1 amide bonds. The lowest BCUT2D eigenvalue weighted by atomic mass is 10.2. The number of imidazole rings is 1. The number of carbonyl (C=O) groups is 1. The van der Waals surface area contributed by atoms with E-state index in [1.54, 1.807) is 19.4 Å². The summed E-state index contributed by atoms with van der Waals surface area (Å²) in [5.74, 6) is 0.490. The topological polar surface area (TPSA) is 75.0 Å². The minimum atomic E-state index is -0.208. The van der Waals surface area contributed by atoms with E-state index in [0.717, 1.165) is 0 Å². The Hall–Kier alpha value is -1.72. The monoisotopic (exact) mass is 298 g/mol. The highest BCUT2D eigenvalue weighted by molar-refractivity contribution is 6.39. The zero-order valence-corrected chi connectivity index (χ0v) is 11.7. The molecule has 1 heterocycles. The number of hydrogen-bond acceptors (Lipinski definition) is 3. The van der Waals surface area contributed by atoms with Gasteiger partial charge in [-0.15, -0.1) is 0 Å². The summed E-state index contributed by atoms with van der Waals surface area (Å²) >= 11 is 11.8. The van der Waals surface area contributed by atoms with Gasteiger partial charge in [-0.1, -0.05) is 23.2 Å². The van der Waals surface area contributed by atoms with Gasteiger partial charge in [-0.25, -0.2) is 4.98 Å². The Bertz CT molecular complexity index is 575. The highest BCUT2D eigenvalue weighted by Gasteiger charge is 2.16. The van der Waals surface area contributed by atoms with Crippen LogP contribution < -0.4 is 5.73 Å². The van der Waals surface area contributed by atoms with Crippen molar-refractivity contribution in [2.45, 2.75) is 6.54 Å². The highest BCUT2D eigenvalue weighted by Crippen LogP contribution is 2.29. The van der Waals surface area contributed by atoms with Crippen LogP contribution in [0.15, 0.2) is 24.5 Å². The molecule has 100 valence electrons. The second kappa shape index (κ2) is 5.50. The van der Waals surface area contributed by atoms with E-state index >= 15 is 0 Å². The summed E-state index contributed by atoms with van der Waals surface area (Å²) in [7, 11) is 1.67. The van der Waals surface area contributed by atoms with Gasteiger partial charge in [-0.2, -0.15) is 0 Å². The molecule has 0 saturated heterocycles. The largest absolute Gasteiger partial charge is 0.396 e. The van der Waals surface area contributed by atoms with Crippen molar-refractivity contribution in [3.63, 3.8) is 0 Å². The minimum Gasteiger partial charge on any atom is -0.396 e. The van der Waals surface area contributed by atoms with Crippen molar-refractivity contribution in [1.29, 1.82) is 0 Å². The van der Waals surface area contributed by atoms with Crippen LogP contribution in [0.5, 0.6) is 0 Å². The van der Waals surface area contributed by atoms with E-state index in [-0.39, 0.29) is 21.6 Å². The molecule has 0 saturated carbocycles. The first kappa shape index (κ1) is 13.7. The van der Waals surface area contributed by atoms with Crippen LogP contribution in [0.25, 0.3) is 0 Å². The van der Waals surface area contributed by atoms with Gasteiger partial charge in [0, 0.05) is 25.0 Å². The number of amides is 1. The summed E-state index contributed by atoms with van der Waals surface area (Å²) in [5, 5.41) is 0.532. The average molecular weight is 299 g/mol. The fraction of sp³-hybridized carbons (Fsp3) is 0.167. The van der Waals surface area contributed by atoms with Gasteiger partial charge in [0.2, 0.25) is 0 Å². The molecule has 2 rings (SSSR count). The molecule has 1 aromatic carbocycles. The molecule has 0 bridgehead atoms. The summed E-state index contributed by atoms with van der Waals surface area (Å²) < 4.78 is 0. The maximum Gasteiger partial charge on any atom is 0.254 e. The third-order valence-corrected chi connectivity index (χ3v) is 3.24. The van der Waals surface area contributed by atoms with Gasteiger partial charge in [0.1, 0.15) is 5.82 Å². The Morgan fingerprint density at radius 1 is 1.42 bits per heavy atom. The van der Waals surface area contributed by atoms with Crippen molar-refractivity contribution in [2.75, 3.05) is 12.8 Å². The summed E-state index contributed by atoms with van der Waals surface area (Å²) in [6.07, 6.45) is 3.33. The van der Waals surface area contributed by atoms with E-state index in [4.69, 9.17) is 28.9 Å². The molecule has 0 spiro atoms. The molecule has 0 aliphatic rings. The van der Waals surface area contributed by atoms with E-state index in [2.05, 4.69) is 9.97 Å². The number of hydrogen-bond donors (Lipinski definition) is 2. The third kappa shape index (κ3) is 3.00. The number of halogens is 2. The highest BCUT2D eigenvalue weighted by atomic mass is 35.5. The molecule has 0 unspecified atom stereocenters. The Balaban J connectivity index is 2.19. The number of rotatable bonds is 3. The van der Waals surface area contributed by atoms with Crippen LogP contribution >= 0.6 is 23.2 Å². The third-order valence-electron chi connectivity index (χ3n) is 2.61. The fourth-order valence-corrected chi connectivity index (χ4v) is 2.10. The molecule has 0 radical (unpaired) electrons. The number of aromatic nitrogens is 2. The predicted molar refractivity (Wildman–Crippen MR) is 75.3 cm³/mol. The molecule has 19 heavy (non-hydrogen) atoms. The molecule has 0 fully saturated rings. The Kier molecular flexibility index (Phi) is 3.97. The molecule has 0 aliphatic carbocycles. The number of nitrogens with zero attached hydrogens (tertiary/aromatic N) is 2. The first-order valence-corrected chi connectivity index (χ1v) is 6.23. The SMILES string of the molecule is CN(Cc1ncc[nH]1)C(=O)c1cc(Cl)c(N)c(Cl)c1. The zero-order chi connectivity index (χ0) is 14.0. The lowest BCUT2D eigenvalue weighted by Gasteiger charge is -2.16. The van der Waals surface area contributed by atoms with Crippen molar-refractivity contribution < 1.29 is 4.79 Å². The van der Waals surface area contributed by atoms with Gasteiger partial charge in [-0.3, -0.25) is 4.79 Å². The number of aromatic amines is 1. The first-order valence-electron chi connectivity index (χ1n) is 5.47. The number of nitrogens with two attached hydrogens (primary N) is 1. The normalized spacial score (nSPS) is 10.5. The quantitative estimate of drug-likeness (QED) is 0.855. The van der Waals surface area contributed by atoms with Crippen LogP contribution in [0.4, 0.5) is 5.69 Å². The summed E-state index contributed by atoms with van der Waals surface area (Å²) in [4.78, 5) is 20.7. The summed E-state index contributed by atoms with van der Waals surface area (Å²) in [5.41, 5.74) is 6.29. The Morgan fingerprint density at radius 3 is 2.58 bits per heavy atom. The van der Waals surface area contributed by atoms with Crippen LogP contribution in [0, 0.1) is 0 Å². The molecule has 0 atom stereocenters. The molecule has 2 aromatic rings. The van der Waals surface area contributed by atoms with Gasteiger partial charge in [0.05, 0.1) is 22.3 Å². The van der Waals surface area contributed by atoms with E-state index in [1.165, 1.54) is 17.0 Å². The van der Waals surface area contributed by atoms with Crippen LogP contribution in [-0.2, 0) is 6.54 Å². The van der Waals surface area contributed by atoms with Gasteiger partial charge < -0.3 is 15.6 Å². The van der Waals surface area contributed by atoms with Crippen LogP contribution in [0.1, 0.15) is 16.2 Å². The van der Waals surface area contributed by atoms with E-state index < -0.39 is 0 Å². The first-order chi connectivity index (χ1) is 8.99. The Labute approximate surface area is 120 Å².